The van der Waals surface area contributed by atoms with E-state index in [2.05, 4.69) is 15.5 Å². The highest BCUT2D eigenvalue weighted by molar-refractivity contribution is 6.00. The van der Waals surface area contributed by atoms with Gasteiger partial charge in [0.2, 0.25) is 11.8 Å². The van der Waals surface area contributed by atoms with Gasteiger partial charge in [0.05, 0.1) is 11.4 Å². The summed E-state index contributed by atoms with van der Waals surface area (Å²) in [4.78, 5) is 45.9. The minimum Gasteiger partial charge on any atom is -0.366 e. The number of hydrogen-bond acceptors (Lipinski definition) is 5. The van der Waals surface area contributed by atoms with Crippen molar-refractivity contribution in [3.8, 4) is 0 Å². The molecule has 0 bridgehead atoms. The number of carbonyl (C=O) groups excluding carboxylic acids is 3. The van der Waals surface area contributed by atoms with Crippen molar-refractivity contribution in [2.75, 3.05) is 62.6 Å². The average Bonchev–Trinajstić information content (AvgIpc) is 3.27. The Morgan fingerprint density at radius 2 is 1.39 bits per heavy atom. The largest absolute Gasteiger partial charge is 0.366 e. The zero-order chi connectivity index (χ0) is 26.3. The first-order valence-corrected chi connectivity index (χ1v) is 15.1. The number of anilines is 2. The van der Waals surface area contributed by atoms with Crippen molar-refractivity contribution >= 4 is 29.1 Å². The van der Waals surface area contributed by atoms with Gasteiger partial charge in [0.1, 0.15) is 0 Å². The topological polar surface area (TPSA) is 85.0 Å². The Labute approximate surface area is 227 Å². The molecule has 2 aliphatic heterocycles. The second kappa shape index (κ2) is 13.0. The van der Waals surface area contributed by atoms with Crippen molar-refractivity contribution in [1.82, 2.24) is 15.1 Å². The molecule has 2 heterocycles. The third-order valence-corrected chi connectivity index (χ3v) is 8.99. The van der Waals surface area contributed by atoms with Crippen LogP contribution in [0, 0.1) is 11.8 Å². The zero-order valence-corrected chi connectivity index (χ0v) is 22.9. The molecule has 3 amide bonds. The molecular formula is C30H45N5O3. The maximum absolute atomic E-state index is 13.4. The number of piperazine rings is 1. The lowest BCUT2D eigenvalue weighted by Gasteiger charge is -2.39. The van der Waals surface area contributed by atoms with E-state index in [0.717, 1.165) is 89.0 Å². The van der Waals surface area contributed by atoms with Gasteiger partial charge in [-0.25, -0.2) is 0 Å². The number of amides is 3. The Morgan fingerprint density at radius 3 is 2.11 bits per heavy atom. The van der Waals surface area contributed by atoms with E-state index in [1.807, 2.05) is 28.0 Å². The maximum atomic E-state index is 13.4. The highest BCUT2D eigenvalue weighted by Gasteiger charge is 2.30. The van der Waals surface area contributed by atoms with Crippen LogP contribution in [0.3, 0.4) is 0 Å². The summed E-state index contributed by atoms with van der Waals surface area (Å²) in [5.74, 6) is 0.651. The standard InChI is InChI=1S/C30H45N5O3/c36-28(23-8-3-1-4-9-23)32-26-22-25(30(38)34-16-7-14-31-15-17-34)12-13-27(26)33-18-20-35(21-19-33)29(37)24-10-5-2-6-11-24/h12-13,22-24,31H,1-11,14-21H2,(H,32,36). The van der Waals surface area contributed by atoms with Crippen molar-refractivity contribution in [2.45, 2.75) is 70.6 Å². The van der Waals surface area contributed by atoms with E-state index in [9.17, 15) is 14.4 Å². The van der Waals surface area contributed by atoms with Gasteiger partial charge in [0.25, 0.3) is 5.91 Å². The van der Waals surface area contributed by atoms with Crippen molar-refractivity contribution < 1.29 is 14.4 Å². The summed E-state index contributed by atoms with van der Waals surface area (Å²) in [5, 5.41) is 6.59. The van der Waals surface area contributed by atoms with Crippen LogP contribution in [0.2, 0.25) is 0 Å². The molecular weight excluding hydrogens is 478 g/mol. The maximum Gasteiger partial charge on any atom is 0.253 e. The smallest absolute Gasteiger partial charge is 0.253 e. The van der Waals surface area contributed by atoms with Crippen molar-refractivity contribution in [3.63, 3.8) is 0 Å². The lowest BCUT2D eigenvalue weighted by atomic mass is 9.88. The summed E-state index contributed by atoms with van der Waals surface area (Å²) < 4.78 is 0. The number of nitrogens with one attached hydrogen (secondary N) is 2. The molecule has 0 unspecified atom stereocenters. The van der Waals surface area contributed by atoms with Crippen LogP contribution in [0.5, 0.6) is 0 Å². The molecule has 4 fully saturated rings. The van der Waals surface area contributed by atoms with Gasteiger partial charge in [-0.1, -0.05) is 38.5 Å². The van der Waals surface area contributed by atoms with Gasteiger partial charge in [0.15, 0.2) is 0 Å². The third kappa shape index (κ3) is 6.50. The number of rotatable bonds is 5. The van der Waals surface area contributed by atoms with Gasteiger partial charge >= 0.3 is 0 Å². The molecule has 208 valence electrons. The fourth-order valence-electron chi connectivity index (χ4n) is 6.65. The van der Waals surface area contributed by atoms with Crippen molar-refractivity contribution in [3.05, 3.63) is 23.8 Å². The highest BCUT2D eigenvalue weighted by Crippen LogP contribution is 2.32. The van der Waals surface area contributed by atoms with Gasteiger partial charge in [-0.3, -0.25) is 14.4 Å². The number of nitrogens with zero attached hydrogens (tertiary/aromatic N) is 3. The summed E-state index contributed by atoms with van der Waals surface area (Å²) in [6.07, 6.45) is 11.8. The molecule has 0 atom stereocenters. The van der Waals surface area contributed by atoms with Crippen LogP contribution in [-0.2, 0) is 9.59 Å². The minimum atomic E-state index is 0.0244. The Hall–Kier alpha value is -2.61. The first kappa shape index (κ1) is 27.0. The van der Waals surface area contributed by atoms with E-state index in [4.69, 9.17) is 0 Å². The summed E-state index contributed by atoms with van der Waals surface area (Å²) in [7, 11) is 0. The van der Waals surface area contributed by atoms with E-state index >= 15 is 0 Å². The quantitative estimate of drug-likeness (QED) is 0.612. The van der Waals surface area contributed by atoms with E-state index in [1.54, 1.807) is 0 Å². The van der Waals surface area contributed by atoms with Gasteiger partial charge < -0.3 is 25.3 Å². The van der Waals surface area contributed by atoms with E-state index in [1.165, 1.54) is 25.7 Å². The fourth-order valence-corrected chi connectivity index (χ4v) is 6.65. The van der Waals surface area contributed by atoms with Gasteiger partial charge in [-0.2, -0.15) is 0 Å². The lowest BCUT2D eigenvalue weighted by Crippen LogP contribution is -2.50. The minimum absolute atomic E-state index is 0.0244. The SMILES string of the molecule is O=C(Nc1cc(C(=O)N2CCCNCC2)ccc1N1CCN(C(=O)C2CCCCC2)CC1)C1CCCCC1. The molecule has 0 aromatic heterocycles. The summed E-state index contributed by atoms with van der Waals surface area (Å²) in [6.45, 7) is 6.04. The molecule has 8 nitrogen and oxygen atoms in total. The van der Waals surface area contributed by atoms with Gasteiger partial charge in [0, 0.05) is 63.2 Å². The normalized spacial score (nSPS) is 22.2. The predicted molar refractivity (Wildman–Crippen MR) is 150 cm³/mol. The monoisotopic (exact) mass is 523 g/mol. The van der Waals surface area contributed by atoms with E-state index in [-0.39, 0.29) is 23.7 Å². The highest BCUT2D eigenvalue weighted by atomic mass is 16.2. The van der Waals surface area contributed by atoms with Crippen LogP contribution in [0.1, 0.15) is 81.0 Å². The molecule has 0 radical (unpaired) electrons. The Morgan fingerprint density at radius 1 is 0.711 bits per heavy atom. The Balaban J connectivity index is 1.31. The third-order valence-electron chi connectivity index (χ3n) is 8.99. The van der Waals surface area contributed by atoms with Gasteiger partial charge in [-0.05, 0) is 56.8 Å². The second-order valence-electron chi connectivity index (χ2n) is 11.6. The van der Waals surface area contributed by atoms with Crippen LogP contribution >= 0.6 is 0 Å². The zero-order valence-electron chi connectivity index (χ0n) is 22.9. The van der Waals surface area contributed by atoms with Crippen molar-refractivity contribution in [2.24, 2.45) is 11.8 Å². The van der Waals surface area contributed by atoms with Crippen LogP contribution in [0.25, 0.3) is 0 Å². The molecule has 2 N–H and O–H groups in total. The van der Waals surface area contributed by atoms with Crippen LogP contribution in [0.4, 0.5) is 11.4 Å². The predicted octanol–water partition coefficient (Wildman–Crippen LogP) is 3.87. The lowest BCUT2D eigenvalue weighted by molar-refractivity contribution is -0.136. The van der Waals surface area contributed by atoms with Crippen LogP contribution in [-0.4, -0.2) is 79.9 Å². The molecule has 5 rings (SSSR count). The molecule has 1 aromatic rings. The Kier molecular flexibility index (Phi) is 9.20. The van der Waals surface area contributed by atoms with E-state index < -0.39 is 0 Å². The average molecular weight is 524 g/mol. The van der Waals surface area contributed by atoms with Gasteiger partial charge in [-0.15, -0.1) is 0 Å². The van der Waals surface area contributed by atoms with Crippen LogP contribution in [0.15, 0.2) is 18.2 Å². The second-order valence-corrected chi connectivity index (χ2v) is 11.6. The molecule has 4 aliphatic rings. The number of carbonyl (C=O) groups is 3. The molecule has 0 spiro atoms. The molecule has 2 saturated heterocycles. The Bertz CT molecular complexity index is 970. The first-order chi connectivity index (χ1) is 18.6. The van der Waals surface area contributed by atoms with Crippen molar-refractivity contribution in [1.29, 1.82) is 0 Å². The summed E-state index contributed by atoms with van der Waals surface area (Å²) >= 11 is 0. The molecule has 38 heavy (non-hydrogen) atoms. The summed E-state index contributed by atoms with van der Waals surface area (Å²) in [6, 6.07) is 5.79. The molecule has 2 aliphatic carbocycles. The fraction of sp³-hybridized carbons (Fsp3) is 0.700. The summed E-state index contributed by atoms with van der Waals surface area (Å²) in [5.41, 5.74) is 2.31. The van der Waals surface area contributed by atoms with E-state index in [0.29, 0.717) is 31.1 Å². The first-order valence-electron chi connectivity index (χ1n) is 15.1. The molecule has 1 aromatic carbocycles. The molecule has 2 saturated carbocycles. The number of benzene rings is 1. The van der Waals surface area contributed by atoms with Crippen LogP contribution < -0.4 is 15.5 Å². The number of hydrogen-bond donors (Lipinski definition) is 2. The molecule has 8 heteroatoms.